The van der Waals surface area contributed by atoms with E-state index in [9.17, 15) is 0 Å². The average molecular weight is 359 g/mol. The molecule has 0 aliphatic carbocycles. The second-order valence-electron chi connectivity index (χ2n) is 6.14. The van der Waals surface area contributed by atoms with Crippen molar-refractivity contribution >= 4 is 50.3 Å². The van der Waals surface area contributed by atoms with Crippen LogP contribution in [0.2, 0.25) is 5.28 Å². The standard InChI is InChI=1S/C18H19ClN4S/c1-12-11-15-16(21-18(19)22-17(15)24-12)20-13-5-7-14(8-6-13)23-9-3-2-4-10-23/h5-8,11H,2-4,9-10H2,1H3,(H,20,21,22). The number of piperidine rings is 1. The molecule has 24 heavy (non-hydrogen) atoms. The lowest BCUT2D eigenvalue weighted by Gasteiger charge is -2.28. The van der Waals surface area contributed by atoms with Crippen LogP contribution in [0.1, 0.15) is 24.1 Å². The van der Waals surface area contributed by atoms with Crippen molar-refractivity contribution in [2.24, 2.45) is 0 Å². The summed E-state index contributed by atoms with van der Waals surface area (Å²) in [6.07, 6.45) is 3.92. The van der Waals surface area contributed by atoms with Gasteiger partial charge in [-0.25, -0.2) is 4.98 Å². The van der Waals surface area contributed by atoms with Crippen LogP contribution in [0.15, 0.2) is 30.3 Å². The highest BCUT2D eigenvalue weighted by Crippen LogP contribution is 2.31. The average Bonchev–Trinajstić information content (AvgIpc) is 2.97. The molecule has 0 atom stereocenters. The fraction of sp³-hybridized carbons (Fsp3) is 0.333. The third-order valence-electron chi connectivity index (χ3n) is 4.34. The smallest absolute Gasteiger partial charge is 0.225 e. The zero-order valence-corrected chi connectivity index (χ0v) is 15.1. The first-order chi connectivity index (χ1) is 11.7. The van der Waals surface area contributed by atoms with E-state index in [4.69, 9.17) is 11.6 Å². The number of thiophene rings is 1. The van der Waals surface area contributed by atoms with E-state index < -0.39 is 0 Å². The van der Waals surface area contributed by atoms with Crippen molar-refractivity contribution in [1.82, 2.24) is 9.97 Å². The normalized spacial score (nSPS) is 15.0. The van der Waals surface area contributed by atoms with Crippen molar-refractivity contribution in [3.8, 4) is 0 Å². The van der Waals surface area contributed by atoms with E-state index in [1.165, 1.54) is 29.8 Å². The third-order valence-corrected chi connectivity index (χ3v) is 5.45. The maximum absolute atomic E-state index is 6.06. The predicted molar refractivity (Wildman–Crippen MR) is 103 cm³/mol. The first-order valence-corrected chi connectivity index (χ1v) is 9.44. The first kappa shape index (κ1) is 15.7. The minimum Gasteiger partial charge on any atom is -0.372 e. The molecule has 1 fully saturated rings. The fourth-order valence-electron chi connectivity index (χ4n) is 3.16. The van der Waals surface area contributed by atoms with Crippen LogP contribution in [-0.2, 0) is 0 Å². The van der Waals surface area contributed by atoms with Gasteiger partial charge in [0.1, 0.15) is 10.6 Å². The molecule has 124 valence electrons. The van der Waals surface area contributed by atoms with Gasteiger partial charge in [-0.05, 0) is 68.1 Å². The van der Waals surface area contributed by atoms with Gasteiger partial charge in [0.2, 0.25) is 5.28 Å². The summed E-state index contributed by atoms with van der Waals surface area (Å²) < 4.78 is 0. The fourth-order valence-corrected chi connectivity index (χ4v) is 4.25. The van der Waals surface area contributed by atoms with Gasteiger partial charge in [0.15, 0.2) is 0 Å². The molecule has 0 amide bonds. The summed E-state index contributed by atoms with van der Waals surface area (Å²) in [6.45, 7) is 4.38. The van der Waals surface area contributed by atoms with Crippen molar-refractivity contribution in [2.45, 2.75) is 26.2 Å². The number of hydrogen-bond donors (Lipinski definition) is 1. The van der Waals surface area contributed by atoms with E-state index in [0.29, 0.717) is 0 Å². The van der Waals surface area contributed by atoms with Gasteiger partial charge in [-0.3, -0.25) is 0 Å². The number of anilines is 3. The lowest BCUT2D eigenvalue weighted by atomic mass is 10.1. The van der Waals surface area contributed by atoms with Gasteiger partial charge >= 0.3 is 0 Å². The minimum absolute atomic E-state index is 0.275. The van der Waals surface area contributed by atoms with Crippen LogP contribution in [0.4, 0.5) is 17.2 Å². The third kappa shape index (κ3) is 3.19. The largest absolute Gasteiger partial charge is 0.372 e. The van der Waals surface area contributed by atoms with Crippen molar-refractivity contribution in [2.75, 3.05) is 23.3 Å². The highest BCUT2D eigenvalue weighted by atomic mass is 35.5. The molecule has 3 aromatic rings. The topological polar surface area (TPSA) is 41.0 Å². The number of halogens is 1. The summed E-state index contributed by atoms with van der Waals surface area (Å²) in [5.41, 5.74) is 2.30. The molecule has 1 aliphatic rings. The maximum atomic E-state index is 6.06. The molecule has 0 saturated carbocycles. The molecule has 1 saturated heterocycles. The van der Waals surface area contributed by atoms with Crippen molar-refractivity contribution in [3.05, 3.63) is 40.5 Å². The summed E-state index contributed by atoms with van der Waals surface area (Å²) in [5.74, 6) is 0.764. The molecule has 4 nitrogen and oxygen atoms in total. The molecule has 6 heteroatoms. The molecule has 0 radical (unpaired) electrons. The Balaban J connectivity index is 1.59. The Morgan fingerprint density at radius 1 is 1.08 bits per heavy atom. The van der Waals surface area contributed by atoms with Crippen LogP contribution < -0.4 is 10.2 Å². The summed E-state index contributed by atoms with van der Waals surface area (Å²) in [6, 6.07) is 10.6. The highest BCUT2D eigenvalue weighted by Gasteiger charge is 2.12. The number of aromatic nitrogens is 2. The lowest BCUT2D eigenvalue weighted by Crippen LogP contribution is -2.29. The molecule has 0 unspecified atom stereocenters. The van der Waals surface area contributed by atoms with Crippen molar-refractivity contribution in [3.63, 3.8) is 0 Å². The Morgan fingerprint density at radius 2 is 1.83 bits per heavy atom. The Kier molecular flexibility index (Phi) is 4.29. The maximum Gasteiger partial charge on any atom is 0.225 e. The number of hydrogen-bond acceptors (Lipinski definition) is 5. The van der Waals surface area contributed by atoms with Crippen LogP contribution >= 0.6 is 22.9 Å². The van der Waals surface area contributed by atoms with Gasteiger partial charge in [-0.1, -0.05) is 0 Å². The summed E-state index contributed by atoms with van der Waals surface area (Å²) in [7, 11) is 0. The Morgan fingerprint density at radius 3 is 2.58 bits per heavy atom. The van der Waals surface area contributed by atoms with Gasteiger partial charge in [-0.2, -0.15) is 4.98 Å². The minimum atomic E-state index is 0.275. The summed E-state index contributed by atoms with van der Waals surface area (Å²) in [5, 5.41) is 4.67. The van der Waals surface area contributed by atoms with Gasteiger partial charge < -0.3 is 10.2 Å². The van der Waals surface area contributed by atoms with Crippen LogP contribution in [0.25, 0.3) is 10.2 Å². The van der Waals surface area contributed by atoms with E-state index in [1.54, 1.807) is 11.3 Å². The first-order valence-electron chi connectivity index (χ1n) is 8.25. The van der Waals surface area contributed by atoms with E-state index >= 15 is 0 Å². The quantitative estimate of drug-likeness (QED) is 0.637. The molecule has 4 rings (SSSR count). The molecule has 1 N–H and O–H groups in total. The summed E-state index contributed by atoms with van der Waals surface area (Å²) in [4.78, 5) is 13.2. The number of fused-ring (bicyclic) bond motifs is 1. The number of aryl methyl sites for hydroxylation is 1. The van der Waals surface area contributed by atoms with Crippen LogP contribution in [-0.4, -0.2) is 23.1 Å². The Labute approximate surface area is 150 Å². The second-order valence-corrected chi connectivity index (χ2v) is 7.71. The number of rotatable bonds is 3. The molecule has 1 aromatic carbocycles. The second kappa shape index (κ2) is 6.57. The van der Waals surface area contributed by atoms with Gasteiger partial charge in [-0.15, -0.1) is 11.3 Å². The van der Waals surface area contributed by atoms with Gasteiger partial charge in [0.25, 0.3) is 0 Å². The van der Waals surface area contributed by atoms with Gasteiger partial charge in [0, 0.05) is 29.3 Å². The number of nitrogens with one attached hydrogen (secondary N) is 1. The van der Waals surface area contributed by atoms with E-state index in [2.05, 4.69) is 57.4 Å². The van der Waals surface area contributed by atoms with Crippen LogP contribution in [0.3, 0.4) is 0 Å². The molecule has 2 aromatic heterocycles. The molecule has 0 spiro atoms. The Bertz CT molecular complexity index is 853. The predicted octanol–water partition coefficient (Wildman–Crippen LogP) is 5.39. The van der Waals surface area contributed by atoms with Crippen molar-refractivity contribution < 1.29 is 0 Å². The van der Waals surface area contributed by atoms with E-state index in [0.717, 1.165) is 34.8 Å². The van der Waals surface area contributed by atoms with Crippen molar-refractivity contribution in [1.29, 1.82) is 0 Å². The number of benzene rings is 1. The van der Waals surface area contributed by atoms with Crippen LogP contribution in [0, 0.1) is 6.92 Å². The van der Waals surface area contributed by atoms with E-state index in [1.807, 2.05) is 0 Å². The highest BCUT2D eigenvalue weighted by molar-refractivity contribution is 7.18. The number of nitrogens with zero attached hydrogens (tertiary/aromatic N) is 3. The zero-order chi connectivity index (χ0) is 16.5. The molecular weight excluding hydrogens is 340 g/mol. The van der Waals surface area contributed by atoms with E-state index in [-0.39, 0.29) is 5.28 Å². The summed E-state index contributed by atoms with van der Waals surface area (Å²) >= 11 is 7.69. The molecule has 0 bridgehead atoms. The molecule has 1 aliphatic heterocycles. The Hall–Kier alpha value is -1.85. The SMILES string of the molecule is Cc1cc2c(Nc3ccc(N4CCCCC4)cc3)nc(Cl)nc2s1. The monoisotopic (exact) mass is 358 g/mol. The lowest BCUT2D eigenvalue weighted by molar-refractivity contribution is 0.578. The van der Waals surface area contributed by atoms with Gasteiger partial charge in [0.05, 0.1) is 5.39 Å². The zero-order valence-electron chi connectivity index (χ0n) is 13.6. The molecule has 3 heterocycles. The molecular formula is C18H19ClN4S. The van der Waals surface area contributed by atoms with Crippen LogP contribution in [0.5, 0.6) is 0 Å².